The Hall–Kier alpha value is -4.24. The van der Waals surface area contributed by atoms with Crippen LogP contribution in [0.5, 0.6) is 0 Å². The van der Waals surface area contributed by atoms with Gasteiger partial charge in [-0.3, -0.25) is 10.00 Å². The van der Waals surface area contributed by atoms with Crippen LogP contribution in [0, 0.1) is 18.3 Å². The lowest BCUT2D eigenvalue weighted by Crippen LogP contribution is -2.39. The second-order valence-electron chi connectivity index (χ2n) is 10.5. The van der Waals surface area contributed by atoms with Crippen LogP contribution < -0.4 is 5.32 Å². The van der Waals surface area contributed by atoms with Crippen molar-refractivity contribution in [2.75, 3.05) is 18.4 Å². The van der Waals surface area contributed by atoms with Gasteiger partial charge in [0.15, 0.2) is 17.0 Å². The van der Waals surface area contributed by atoms with Crippen molar-refractivity contribution >= 4 is 23.1 Å². The van der Waals surface area contributed by atoms with Gasteiger partial charge in [0, 0.05) is 43.4 Å². The van der Waals surface area contributed by atoms with Gasteiger partial charge in [0.2, 0.25) is 0 Å². The number of alkyl halides is 3. The van der Waals surface area contributed by atoms with Crippen LogP contribution in [0.4, 0.5) is 19.0 Å². The van der Waals surface area contributed by atoms with Crippen molar-refractivity contribution in [2.45, 2.75) is 57.3 Å². The number of hydrogen-bond donors (Lipinski definition) is 3. The van der Waals surface area contributed by atoms with E-state index in [0.717, 1.165) is 55.6 Å². The molecule has 1 aliphatic heterocycles. The van der Waals surface area contributed by atoms with Gasteiger partial charge >= 0.3 is 6.18 Å². The van der Waals surface area contributed by atoms with E-state index >= 15 is 0 Å². The monoisotopic (exact) mass is 547 g/mol. The summed E-state index contributed by atoms with van der Waals surface area (Å²) in [6.45, 7) is 4.67. The number of likely N-dealkylation sites (tertiary alicyclic amines) is 1. The molecule has 0 radical (unpaired) electrons. The third kappa shape index (κ3) is 5.29. The second-order valence-corrected chi connectivity index (χ2v) is 10.5. The van der Waals surface area contributed by atoms with Crippen molar-refractivity contribution in [1.29, 1.82) is 5.26 Å². The Kier molecular flexibility index (Phi) is 6.75. The van der Waals surface area contributed by atoms with Crippen LogP contribution in [0.2, 0.25) is 0 Å². The van der Waals surface area contributed by atoms with Gasteiger partial charge in [-0.15, -0.1) is 0 Å². The molecule has 206 valence electrons. The minimum absolute atomic E-state index is 0.0412. The largest absolute Gasteiger partial charge is 0.396 e. The number of nitriles is 1. The lowest BCUT2D eigenvalue weighted by molar-refractivity contribution is -0.128. The Labute approximate surface area is 228 Å². The predicted octanol–water partition coefficient (Wildman–Crippen LogP) is 4.81. The van der Waals surface area contributed by atoms with E-state index in [2.05, 4.69) is 65.5 Å². The molecule has 2 aliphatic rings. The molecule has 0 saturated carbocycles. The lowest BCUT2D eigenvalue weighted by atomic mass is 9.88. The average molecular weight is 548 g/mol. The van der Waals surface area contributed by atoms with E-state index in [1.165, 1.54) is 23.0 Å². The van der Waals surface area contributed by atoms with Gasteiger partial charge in [-0.25, -0.2) is 15.0 Å². The third-order valence-electron chi connectivity index (χ3n) is 7.86. The number of piperidine rings is 1. The third-order valence-corrected chi connectivity index (χ3v) is 7.86. The lowest BCUT2D eigenvalue weighted by Gasteiger charge is -2.33. The summed E-state index contributed by atoms with van der Waals surface area (Å²) in [5, 5.41) is 20.0. The van der Waals surface area contributed by atoms with Crippen LogP contribution in [-0.4, -0.2) is 60.3 Å². The maximum atomic E-state index is 12.8. The number of hydrogen-bond acceptors (Lipinski definition) is 7. The Balaban J connectivity index is 1.10. The zero-order valence-electron chi connectivity index (χ0n) is 21.9. The molecule has 6 rings (SSSR count). The summed E-state index contributed by atoms with van der Waals surface area (Å²) in [5.74, 6) is 0.322. The van der Waals surface area contributed by atoms with Gasteiger partial charge in [0.05, 0.1) is 12.3 Å². The Bertz CT molecular complexity index is 1590. The van der Waals surface area contributed by atoms with Crippen LogP contribution in [0.15, 0.2) is 36.4 Å². The molecule has 0 amide bonds. The number of fused-ring (bicyclic) bond motifs is 2. The molecule has 1 atom stereocenters. The number of nitrogens with zero attached hydrogens (tertiary/aromatic N) is 6. The molecule has 0 spiro atoms. The highest BCUT2D eigenvalue weighted by atomic mass is 19.4. The smallest absolute Gasteiger partial charge is 0.365 e. The van der Waals surface area contributed by atoms with Crippen molar-refractivity contribution in [3.05, 3.63) is 70.1 Å². The number of imidazole rings is 1. The highest BCUT2D eigenvalue weighted by Crippen LogP contribution is 2.40. The molecule has 1 fully saturated rings. The first-order valence-corrected chi connectivity index (χ1v) is 13.2. The van der Waals surface area contributed by atoms with E-state index in [0.29, 0.717) is 17.0 Å². The molecule has 1 aliphatic carbocycles. The maximum absolute atomic E-state index is 12.8. The molecule has 4 heterocycles. The minimum Gasteiger partial charge on any atom is -0.365 e. The number of anilines is 1. The first-order chi connectivity index (χ1) is 19.3. The number of aromatic amines is 2. The molecular formula is C28H28F3N9. The Morgan fingerprint density at radius 1 is 1.20 bits per heavy atom. The standard InChI is InChI=1S/C28H28F3N9/c1-16-18(2-3-21-22(16)9-19(11-32)23(21)8-17-12-35-36-13-17)14-40-6-4-20(5-7-40)37-26-25-27(34-15-33-26)39-24(38-25)10-28(29,30)31/h2-3,9,12-13,15,20,23H,4-8,10,14H2,1H3,(H,35,36)(H2,33,34,37,38,39). The number of nitrogens with one attached hydrogen (secondary N) is 3. The molecule has 1 aromatic carbocycles. The van der Waals surface area contributed by atoms with Gasteiger partial charge < -0.3 is 10.3 Å². The second kappa shape index (κ2) is 10.4. The zero-order valence-corrected chi connectivity index (χ0v) is 21.9. The van der Waals surface area contributed by atoms with E-state index in [-0.39, 0.29) is 17.8 Å². The first kappa shape index (κ1) is 26.0. The fourth-order valence-corrected chi connectivity index (χ4v) is 5.76. The molecule has 4 aromatic rings. The summed E-state index contributed by atoms with van der Waals surface area (Å²) in [6, 6.07) is 6.87. The van der Waals surface area contributed by atoms with Crippen LogP contribution >= 0.6 is 0 Å². The summed E-state index contributed by atoms with van der Waals surface area (Å²) in [6.07, 6.45) is 4.02. The summed E-state index contributed by atoms with van der Waals surface area (Å²) in [4.78, 5) is 17.5. The molecule has 1 saturated heterocycles. The first-order valence-electron chi connectivity index (χ1n) is 13.2. The number of benzene rings is 1. The summed E-state index contributed by atoms with van der Waals surface area (Å²) >= 11 is 0. The Morgan fingerprint density at radius 2 is 2.02 bits per heavy atom. The fourth-order valence-electron chi connectivity index (χ4n) is 5.76. The molecular weight excluding hydrogens is 519 g/mol. The quantitative estimate of drug-likeness (QED) is 0.303. The van der Waals surface area contributed by atoms with Crippen molar-refractivity contribution in [2.24, 2.45) is 0 Å². The molecule has 9 nitrogen and oxygen atoms in total. The highest BCUT2D eigenvalue weighted by Gasteiger charge is 2.31. The van der Waals surface area contributed by atoms with Gasteiger partial charge in [0.1, 0.15) is 18.6 Å². The highest BCUT2D eigenvalue weighted by molar-refractivity contribution is 5.82. The van der Waals surface area contributed by atoms with E-state index < -0.39 is 12.6 Å². The van der Waals surface area contributed by atoms with Gasteiger partial charge in [-0.1, -0.05) is 12.1 Å². The van der Waals surface area contributed by atoms with Gasteiger partial charge in [-0.05, 0) is 60.1 Å². The SMILES string of the molecule is Cc1c(CN2CCC(Nc3ncnc4[nH]c(CC(F)(F)F)nc34)CC2)ccc2c1C=C(C#N)C2Cc1cn[nH]c1. The molecule has 3 aromatic heterocycles. The molecule has 1 unspecified atom stereocenters. The molecule has 12 heteroatoms. The number of aromatic nitrogens is 6. The average Bonchev–Trinajstić information content (AvgIpc) is 3.66. The summed E-state index contributed by atoms with van der Waals surface area (Å²) < 4.78 is 38.4. The van der Waals surface area contributed by atoms with Crippen LogP contribution in [-0.2, 0) is 19.4 Å². The number of allylic oxidation sites excluding steroid dienone is 1. The van der Waals surface area contributed by atoms with Crippen molar-refractivity contribution < 1.29 is 13.2 Å². The number of H-pyrrole nitrogens is 2. The summed E-state index contributed by atoms with van der Waals surface area (Å²) in [7, 11) is 0. The number of rotatable bonds is 7. The zero-order chi connectivity index (χ0) is 27.9. The van der Waals surface area contributed by atoms with Crippen molar-refractivity contribution in [3.63, 3.8) is 0 Å². The normalized spacial score (nSPS) is 18.1. The van der Waals surface area contributed by atoms with Gasteiger partial charge in [-0.2, -0.15) is 23.5 Å². The molecule has 40 heavy (non-hydrogen) atoms. The van der Waals surface area contributed by atoms with E-state index in [1.807, 2.05) is 12.3 Å². The van der Waals surface area contributed by atoms with Crippen LogP contribution in [0.3, 0.4) is 0 Å². The van der Waals surface area contributed by atoms with Crippen molar-refractivity contribution in [1.82, 2.24) is 35.0 Å². The fraction of sp³-hybridized carbons (Fsp3) is 0.393. The van der Waals surface area contributed by atoms with E-state index in [9.17, 15) is 18.4 Å². The van der Waals surface area contributed by atoms with Gasteiger partial charge in [0.25, 0.3) is 0 Å². The van der Waals surface area contributed by atoms with Crippen LogP contribution in [0.25, 0.3) is 17.2 Å². The molecule has 3 N–H and O–H groups in total. The summed E-state index contributed by atoms with van der Waals surface area (Å²) in [5.41, 5.74) is 7.27. The van der Waals surface area contributed by atoms with Crippen LogP contribution in [0.1, 0.15) is 52.4 Å². The number of halogens is 3. The molecule has 0 bridgehead atoms. The Morgan fingerprint density at radius 3 is 2.75 bits per heavy atom. The topological polar surface area (TPSA) is 122 Å². The minimum atomic E-state index is -4.35. The van der Waals surface area contributed by atoms with Crippen molar-refractivity contribution in [3.8, 4) is 6.07 Å². The maximum Gasteiger partial charge on any atom is 0.396 e. The van der Waals surface area contributed by atoms with E-state index in [4.69, 9.17) is 0 Å². The van der Waals surface area contributed by atoms with E-state index in [1.54, 1.807) is 6.20 Å². The predicted molar refractivity (Wildman–Crippen MR) is 143 cm³/mol.